The highest BCUT2D eigenvalue weighted by molar-refractivity contribution is 6.09. The van der Waals surface area contributed by atoms with Crippen LogP contribution in [0.2, 0.25) is 0 Å². The molecular formula is C24H29N7O4. The molecule has 0 radical (unpaired) electrons. The van der Waals surface area contributed by atoms with E-state index in [1.165, 1.54) is 15.7 Å². The van der Waals surface area contributed by atoms with E-state index in [0.29, 0.717) is 35.5 Å². The average Bonchev–Trinajstić information content (AvgIpc) is 3.46. The second-order valence-electron chi connectivity index (χ2n) is 8.69. The Morgan fingerprint density at radius 3 is 2.74 bits per heavy atom. The zero-order valence-electron chi connectivity index (χ0n) is 20.2. The summed E-state index contributed by atoms with van der Waals surface area (Å²) in [5.74, 6) is -0.127. The Kier molecular flexibility index (Phi) is 6.59. The van der Waals surface area contributed by atoms with Crippen LogP contribution >= 0.6 is 0 Å². The summed E-state index contributed by atoms with van der Waals surface area (Å²) < 4.78 is 8.52. The quantitative estimate of drug-likeness (QED) is 0.395. The molecule has 184 valence electrons. The Morgan fingerprint density at radius 1 is 1.31 bits per heavy atom. The molecule has 4 aromatic heterocycles. The monoisotopic (exact) mass is 479 g/mol. The number of H-pyrrole nitrogens is 1. The van der Waals surface area contributed by atoms with Crippen LogP contribution in [-0.2, 0) is 13.1 Å². The zero-order chi connectivity index (χ0) is 25.3. The second kappa shape index (κ2) is 9.61. The number of pyridine rings is 1. The first kappa shape index (κ1) is 24.0. The summed E-state index contributed by atoms with van der Waals surface area (Å²) in [5, 5.41) is 5.07. The summed E-state index contributed by atoms with van der Waals surface area (Å²) in [7, 11) is 0. The van der Waals surface area contributed by atoms with Crippen molar-refractivity contribution in [1.82, 2.24) is 24.3 Å². The summed E-state index contributed by atoms with van der Waals surface area (Å²) in [6, 6.07) is 5.18. The maximum absolute atomic E-state index is 13.9. The first-order chi connectivity index (χ1) is 16.7. The van der Waals surface area contributed by atoms with Gasteiger partial charge in [-0.05, 0) is 45.4 Å². The van der Waals surface area contributed by atoms with E-state index >= 15 is 0 Å². The van der Waals surface area contributed by atoms with E-state index in [0.717, 1.165) is 6.42 Å². The molecule has 0 saturated carbocycles. The van der Waals surface area contributed by atoms with Gasteiger partial charge < -0.3 is 10.2 Å². The van der Waals surface area contributed by atoms with Gasteiger partial charge in [-0.2, -0.15) is 5.10 Å². The molecule has 0 aliphatic carbocycles. The van der Waals surface area contributed by atoms with Gasteiger partial charge in [-0.15, -0.1) is 0 Å². The number of unbranched alkanes of at least 4 members (excludes halogenated alkanes) is 1. The molecule has 0 spiro atoms. The largest absolute Gasteiger partial charge is 0.467 e. The Bertz CT molecular complexity index is 1480. The molecule has 0 saturated heterocycles. The minimum atomic E-state index is -0.750. The van der Waals surface area contributed by atoms with E-state index in [2.05, 4.69) is 15.1 Å². The molecule has 11 nitrogen and oxygen atoms in total. The summed E-state index contributed by atoms with van der Waals surface area (Å²) in [5.41, 5.74) is 6.28. The van der Waals surface area contributed by atoms with Gasteiger partial charge in [0, 0.05) is 18.0 Å². The fourth-order valence-corrected chi connectivity index (χ4v) is 3.99. The molecule has 1 amide bonds. The number of anilines is 2. The van der Waals surface area contributed by atoms with Gasteiger partial charge in [0.1, 0.15) is 11.6 Å². The van der Waals surface area contributed by atoms with Gasteiger partial charge in [0.05, 0.1) is 30.3 Å². The highest BCUT2D eigenvalue weighted by Crippen LogP contribution is 2.25. The van der Waals surface area contributed by atoms with Crippen molar-refractivity contribution in [2.24, 2.45) is 0 Å². The first-order valence-corrected chi connectivity index (χ1v) is 11.5. The van der Waals surface area contributed by atoms with Crippen molar-refractivity contribution in [3.05, 3.63) is 68.5 Å². The molecule has 0 aliphatic rings. The summed E-state index contributed by atoms with van der Waals surface area (Å²) >= 11 is 0. The number of nitrogens with one attached hydrogen (secondary N) is 1. The van der Waals surface area contributed by atoms with Crippen molar-refractivity contribution in [1.29, 1.82) is 0 Å². The van der Waals surface area contributed by atoms with Crippen LogP contribution in [0.15, 0.2) is 44.7 Å². The minimum absolute atomic E-state index is 0.0617. The van der Waals surface area contributed by atoms with Crippen LogP contribution < -0.4 is 21.9 Å². The lowest BCUT2D eigenvalue weighted by atomic mass is 10.1. The molecule has 35 heavy (non-hydrogen) atoms. The van der Waals surface area contributed by atoms with Gasteiger partial charge in [0.15, 0.2) is 11.3 Å². The average molecular weight is 480 g/mol. The van der Waals surface area contributed by atoms with Crippen molar-refractivity contribution >= 4 is 28.4 Å². The molecule has 4 aromatic rings. The van der Waals surface area contributed by atoms with Crippen LogP contribution in [0.3, 0.4) is 0 Å². The summed E-state index contributed by atoms with van der Waals surface area (Å²) in [6.45, 7) is 7.95. The topological polar surface area (TPSA) is 145 Å². The number of nitrogen functional groups attached to an aromatic ring is 1. The lowest BCUT2D eigenvalue weighted by molar-refractivity contribution is 0.0982. The maximum Gasteiger partial charge on any atom is 0.330 e. The predicted molar refractivity (Wildman–Crippen MR) is 133 cm³/mol. The fraction of sp³-hybridized carbons (Fsp3) is 0.375. The number of carbonyl (C=O) groups is 1. The third kappa shape index (κ3) is 4.48. The lowest BCUT2D eigenvalue weighted by Gasteiger charge is -2.24. The smallest absolute Gasteiger partial charge is 0.330 e. The van der Waals surface area contributed by atoms with Gasteiger partial charge in [0.2, 0.25) is 0 Å². The van der Waals surface area contributed by atoms with E-state index in [9.17, 15) is 14.4 Å². The zero-order valence-corrected chi connectivity index (χ0v) is 20.2. The van der Waals surface area contributed by atoms with Crippen molar-refractivity contribution in [2.45, 2.75) is 59.7 Å². The highest BCUT2D eigenvalue weighted by atomic mass is 16.3. The molecule has 0 fully saturated rings. The fourth-order valence-electron chi connectivity index (χ4n) is 3.99. The van der Waals surface area contributed by atoms with Gasteiger partial charge in [0.25, 0.3) is 11.5 Å². The molecule has 0 bridgehead atoms. The number of aromatic amines is 1. The number of nitrogens with zero attached hydrogens (tertiary/aromatic N) is 5. The number of furan rings is 1. The Balaban J connectivity index is 1.87. The molecule has 0 aliphatic heterocycles. The first-order valence-electron chi connectivity index (χ1n) is 11.5. The van der Waals surface area contributed by atoms with Crippen molar-refractivity contribution < 1.29 is 9.21 Å². The third-order valence-electron chi connectivity index (χ3n) is 5.84. The number of hydrogen-bond donors (Lipinski definition) is 2. The van der Waals surface area contributed by atoms with E-state index in [1.54, 1.807) is 36.0 Å². The van der Waals surface area contributed by atoms with Gasteiger partial charge in [-0.25, -0.2) is 14.5 Å². The van der Waals surface area contributed by atoms with Crippen LogP contribution in [0.25, 0.3) is 11.0 Å². The van der Waals surface area contributed by atoms with Gasteiger partial charge in [-0.3, -0.25) is 24.0 Å². The highest BCUT2D eigenvalue weighted by Gasteiger charge is 2.28. The second-order valence-corrected chi connectivity index (χ2v) is 8.69. The molecule has 0 atom stereocenters. The number of amides is 1. The molecule has 11 heteroatoms. The number of fused-ring (bicyclic) bond motifs is 1. The Labute approximate surface area is 201 Å². The van der Waals surface area contributed by atoms with Crippen molar-refractivity contribution in [2.75, 3.05) is 10.6 Å². The Hall–Kier alpha value is -4.15. The normalized spacial score (nSPS) is 11.5. The van der Waals surface area contributed by atoms with Crippen LogP contribution in [0.5, 0.6) is 0 Å². The Morgan fingerprint density at radius 2 is 2.09 bits per heavy atom. The molecule has 4 rings (SSSR count). The molecule has 0 unspecified atom stereocenters. The number of rotatable bonds is 8. The molecule has 4 heterocycles. The number of nitrogens with two attached hydrogens (primary N) is 1. The van der Waals surface area contributed by atoms with E-state index < -0.39 is 17.2 Å². The minimum Gasteiger partial charge on any atom is -0.467 e. The number of aromatic nitrogens is 5. The molecule has 0 aromatic carbocycles. The van der Waals surface area contributed by atoms with Crippen LogP contribution in [0.4, 0.5) is 11.5 Å². The van der Waals surface area contributed by atoms with Crippen molar-refractivity contribution in [3.8, 4) is 0 Å². The van der Waals surface area contributed by atoms with Crippen LogP contribution in [0.1, 0.15) is 61.5 Å². The summed E-state index contributed by atoms with van der Waals surface area (Å²) in [6.07, 6.45) is 4.64. The predicted octanol–water partition coefficient (Wildman–Crippen LogP) is 2.99. The van der Waals surface area contributed by atoms with Crippen LogP contribution in [-0.4, -0.2) is 30.2 Å². The van der Waals surface area contributed by atoms with Gasteiger partial charge in [-0.1, -0.05) is 13.3 Å². The third-order valence-corrected chi connectivity index (χ3v) is 5.84. The summed E-state index contributed by atoms with van der Waals surface area (Å²) in [4.78, 5) is 47.5. The molecule has 3 N–H and O–H groups in total. The lowest BCUT2D eigenvalue weighted by Crippen LogP contribution is -2.41. The standard InChI is InChI=1S/C24H29N7O4/c1-5-6-9-29-20(25)19(22(32)28-24(29)34)30(13-17-8-7-10-35-17)23(33)18-11-16-12-26-31(14(2)3)21(16)27-15(18)4/h7-8,10-12,14H,5-6,9,13,25H2,1-4H3,(H,28,32,34). The van der Waals surface area contributed by atoms with Gasteiger partial charge >= 0.3 is 5.69 Å². The SMILES string of the molecule is CCCCn1c(N)c(N(Cc2ccco2)C(=O)c2cc3cnn(C(C)C)c3nc2C)c(=O)[nH]c1=O. The number of carbonyl (C=O) groups excluding carboxylic acids is 1. The van der Waals surface area contributed by atoms with E-state index in [4.69, 9.17) is 10.2 Å². The van der Waals surface area contributed by atoms with E-state index in [1.807, 2.05) is 20.8 Å². The number of hydrogen-bond acceptors (Lipinski definition) is 7. The van der Waals surface area contributed by atoms with Crippen LogP contribution in [0, 0.1) is 6.92 Å². The number of aryl methyl sites for hydroxylation is 1. The van der Waals surface area contributed by atoms with Crippen molar-refractivity contribution in [3.63, 3.8) is 0 Å². The maximum atomic E-state index is 13.9. The molecular weight excluding hydrogens is 450 g/mol. The van der Waals surface area contributed by atoms with E-state index in [-0.39, 0.29) is 29.7 Å².